The highest BCUT2D eigenvalue weighted by atomic mass is 16.6. The van der Waals surface area contributed by atoms with Gasteiger partial charge in [-0.1, -0.05) is 45.9 Å². The van der Waals surface area contributed by atoms with Gasteiger partial charge in [0.25, 0.3) is 0 Å². The molecule has 116 valence electrons. The van der Waals surface area contributed by atoms with Crippen LogP contribution >= 0.6 is 0 Å². The zero-order valence-electron chi connectivity index (χ0n) is 13.0. The molecule has 0 aliphatic carbocycles. The first-order valence-corrected chi connectivity index (χ1v) is 7.10. The lowest BCUT2D eigenvalue weighted by Gasteiger charge is -2.21. The summed E-state index contributed by atoms with van der Waals surface area (Å²) < 4.78 is 10.3. The van der Waals surface area contributed by atoms with Gasteiger partial charge in [-0.05, 0) is 24.0 Å². The summed E-state index contributed by atoms with van der Waals surface area (Å²) >= 11 is 0. The predicted octanol–water partition coefficient (Wildman–Crippen LogP) is 4.08. The number of nitrogens with zero attached hydrogens (tertiary/aromatic N) is 1. The maximum absolute atomic E-state index is 12.1. The van der Waals surface area contributed by atoms with Crippen LogP contribution in [-0.4, -0.2) is 25.4 Å². The second-order valence-corrected chi connectivity index (χ2v) is 5.61. The molecule has 0 aliphatic rings. The van der Waals surface area contributed by atoms with Gasteiger partial charge in [0.05, 0.1) is 18.9 Å². The van der Waals surface area contributed by atoms with Crippen molar-refractivity contribution in [3.05, 3.63) is 30.3 Å². The number of ether oxygens (including phenoxy) is 2. The largest absolute Gasteiger partial charge is 0.448 e. The van der Waals surface area contributed by atoms with Gasteiger partial charge < -0.3 is 9.47 Å². The van der Waals surface area contributed by atoms with E-state index >= 15 is 0 Å². The van der Waals surface area contributed by atoms with Crippen LogP contribution in [0.2, 0.25) is 0 Å². The number of hydrogen-bond donors (Lipinski definition) is 0. The van der Waals surface area contributed by atoms with Crippen LogP contribution in [0.5, 0.6) is 0 Å². The number of rotatable bonds is 5. The average molecular weight is 293 g/mol. The molecule has 21 heavy (non-hydrogen) atoms. The van der Waals surface area contributed by atoms with E-state index < -0.39 is 12.2 Å². The third-order valence-electron chi connectivity index (χ3n) is 2.46. The molecule has 0 aromatic heterocycles. The summed E-state index contributed by atoms with van der Waals surface area (Å²) in [5, 5.41) is 0. The smallest absolute Gasteiger partial charge is 0.424 e. The summed E-state index contributed by atoms with van der Waals surface area (Å²) in [6.07, 6.45) is -1.44. The minimum Gasteiger partial charge on any atom is -0.448 e. The second kappa shape index (κ2) is 8.29. The molecular formula is C16H23NO4. The molecule has 2 amide bonds. The number of para-hydroxylation sites is 1. The minimum absolute atomic E-state index is 0.193. The maximum Gasteiger partial charge on any atom is 0.424 e. The molecule has 0 atom stereocenters. The number of anilines is 1. The van der Waals surface area contributed by atoms with E-state index in [0.29, 0.717) is 5.69 Å². The average Bonchev–Trinajstić information content (AvgIpc) is 2.44. The Labute approximate surface area is 125 Å². The lowest BCUT2D eigenvalue weighted by molar-refractivity contribution is 0.121. The van der Waals surface area contributed by atoms with Gasteiger partial charge >= 0.3 is 12.2 Å². The minimum atomic E-state index is -0.719. The van der Waals surface area contributed by atoms with Crippen molar-refractivity contribution in [1.82, 2.24) is 0 Å². The van der Waals surface area contributed by atoms with Crippen molar-refractivity contribution in [2.45, 2.75) is 27.7 Å². The summed E-state index contributed by atoms with van der Waals surface area (Å²) in [5.74, 6) is 0.386. The predicted molar refractivity (Wildman–Crippen MR) is 81.3 cm³/mol. The summed E-state index contributed by atoms with van der Waals surface area (Å²) in [7, 11) is 0. The highest BCUT2D eigenvalue weighted by molar-refractivity contribution is 6.09. The van der Waals surface area contributed by atoms with Gasteiger partial charge in [-0.15, -0.1) is 0 Å². The standard InChI is InChI=1S/C16H23NO4/c1-12(2)10-20-15(18)17(14-8-6-5-7-9-14)16(19)21-11-13(3)4/h5-9,12-13H,10-11H2,1-4H3. The van der Waals surface area contributed by atoms with Crippen LogP contribution < -0.4 is 4.90 Å². The molecule has 0 N–H and O–H groups in total. The van der Waals surface area contributed by atoms with E-state index in [1.165, 1.54) is 0 Å². The number of imide groups is 1. The highest BCUT2D eigenvalue weighted by Crippen LogP contribution is 2.16. The molecule has 0 unspecified atom stereocenters. The van der Waals surface area contributed by atoms with Crippen LogP contribution in [0.25, 0.3) is 0 Å². The van der Waals surface area contributed by atoms with Crippen molar-refractivity contribution >= 4 is 17.9 Å². The van der Waals surface area contributed by atoms with Crippen LogP contribution in [0, 0.1) is 11.8 Å². The summed E-state index contributed by atoms with van der Waals surface area (Å²) in [6.45, 7) is 8.21. The SMILES string of the molecule is CC(C)COC(=O)N(C(=O)OCC(C)C)c1ccccc1. The molecular weight excluding hydrogens is 270 g/mol. The van der Waals surface area contributed by atoms with E-state index in [1.807, 2.05) is 27.7 Å². The molecule has 0 bridgehead atoms. The Morgan fingerprint density at radius 2 is 1.33 bits per heavy atom. The lowest BCUT2D eigenvalue weighted by atomic mass is 10.2. The quantitative estimate of drug-likeness (QED) is 0.821. The molecule has 0 spiro atoms. The Bertz CT molecular complexity index is 433. The van der Waals surface area contributed by atoms with E-state index in [9.17, 15) is 9.59 Å². The van der Waals surface area contributed by atoms with Crippen molar-refractivity contribution in [1.29, 1.82) is 0 Å². The molecule has 0 fully saturated rings. The van der Waals surface area contributed by atoms with Crippen molar-refractivity contribution in [2.24, 2.45) is 11.8 Å². The Balaban J connectivity index is 2.84. The summed E-state index contributed by atoms with van der Waals surface area (Å²) in [4.78, 5) is 25.2. The van der Waals surface area contributed by atoms with Gasteiger partial charge in [0.1, 0.15) is 0 Å². The molecule has 5 heteroatoms. The Kier molecular flexibility index (Phi) is 6.72. The van der Waals surface area contributed by atoms with Gasteiger partial charge in [-0.25, -0.2) is 9.59 Å². The monoisotopic (exact) mass is 293 g/mol. The normalized spacial score (nSPS) is 10.6. The molecule has 0 aliphatic heterocycles. The Morgan fingerprint density at radius 3 is 1.71 bits per heavy atom. The fraction of sp³-hybridized carbons (Fsp3) is 0.500. The van der Waals surface area contributed by atoms with Gasteiger partial charge in [-0.2, -0.15) is 4.90 Å². The van der Waals surface area contributed by atoms with Crippen molar-refractivity contribution < 1.29 is 19.1 Å². The Morgan fingerprint density at radius 1 is 0.905 bits per heavy atom. The third-order valence-corrected chi connectivity index (χ3v) is 2.46. The first-order chi connectivity index (χ1) is 9.91. The fourth-order valence-electron chi connectivity index (χ4n) is 1.47. The van der Waals surface area contributed by atoms with Crippen molar-refractivity contribution in [3.8, 4) is 0 Å². The van der Waals surface area contributed by atoms with Crippen LogP contribution in [0.4, 0.5) is 15.3 Å². The van der Waals surface area contributed by atoms with E-state index in [-0.39, 0.29) is 25.0 Å². The third kappa shape index (κ3) is 5.85. The number of hydrogen-bond acceptors (Lipinski definition) is 4. The van der Waals surface area contributed by atoms with Gasteiger partial charge in [0, 0.05) is 0 Å². The summed E-state index contributed by atoms with van der Waals surface area (Å²) in [6, 6.07) is 8.61. The van der Waals surface area contributed by atoms with E-state index in [2.05, 4.69) is 0 Å². The molecule has 5 nitrogen and oxygen atoms in total. The molecule has 1 aromatic rings. The molecule has 1 aromatic carbocycles. The number of amides is 2. The van der Waals surface area contributed by atoms with Crippen molar-refractivity contribution in [3.63, 3.8) is 0 Å². The van der Waals surface area contributed by atoms with Crippen LogP contribution in [0.15, 0.2) is 30.3 Å². The number of benzene rings is 1. The molecule has 0 heterocycles. The second-order valence-electron chi connectivity index (χ2n) is 5.61. The summed E-state index contributed by atoms with van der Waals surface area (Å²) in [5.41, 5.74) is 0.431. The highest BCUT2D eigenvalue weighted by Gasteiger charge is 2.26. The number of carbonyl (C=O) groups is 2. The van der Waals surface area contributed by atoms with E-state index in [4.69, 9.17) is 9.47 Å². The number of carbonyl (C=O) groups excluding carboxylic acids is 2. The molecule has 0 saturated carbocycles. The van der Waals surface area contributed by atoms with Gasteiger partial charge in [0.15, 0.2) is 0 Å². The zero-order valence-corrected chi connectivity index (χ0v) is 13.0. The molecule has 0 radical (unpaired) electrons. The maximum atomic E-state index is 12.1. The van der Waals surface area contributed by atoms with Crippen molar-refractivity contribution in [2.75, 3.05) is 18.1 Å². The molecule has 1 rings (SSSR count). The van der Waals surface area contributed by atoms with E-state index in [1.54, 1.807) is 30.3 Å². The molecule has 0 saturated heterocycles. The van der Waals surface area contributed by atoms with Crippen LogP contribution in [0.3, 0.4) is 0 Å². The first-order valence-electron chi connectivity index (χ1n) is 7.10. The van der Waals surface area contributed by atoms with Crippen LogP contribution in [0.1, 0.15) is 27.7 Å². The lowest BCUT2D eigenvalue weighted by Crippen LogP contribution is -2.39. The van der Waals surface area contributed by atoms with E-state index in [0.717, 1.165) is 4.90 Å². The van der Waals surface area contributed by atoms with Crippen LogP contribution in [-0.2, 0) is 9.47 Å². The topological polar surface area (TPSA) is 55.8 Å². The Hall–Kier alpha value is -2.04. The fourth-order valence-corrected chi connectivity index (χ4v) is 1.47. The van der Waals surface area contributed by atoms with Gasteiger partial charge in [-0.3, -0.25) is 0 Å². The first kappa shape index (κ1) is 17.0. The zero-order chi connectivity index (χ0) is 15.8. The van der Waals surface area contributed by atoms with Gasteiger partial charge in [0.2, 0.25) is 0 Å².